The quantitative estimate of drug-likeness (QED) is 0.525. The number of amides is 1. The number of hydrogen-bond acceptors (Lipinski definition) is 4. The monoisotopic (exact) mass is 195 g/mol. The van der Waals surface area contributed by atoms with Gasteiger partial charge in [0.25, 0.3) is 0 Å². The van der Waals surface area contributed by atoms with Gasteiger partial charge in [-0.25, -0.2) is 4.79 Å². The molecule has 0 radical (unpaired) electrons. The van der Waals surface area contributed by atoms with E-state index in [2.05, 4.69) is 14.8 Å². The standard InChI is InChI=1S/C6H10ClNO4/c1-4(7)12-6(10)8-3-5(9)11-2/h4H,3H2,1-2H3,(H,8,10). The summed E-state index contributed by atoms with van der Waals surface area (Å²) >= 11 is 5.32. The molecule has 5 nitrogen and oxygen atoms in total. The van der Waals surface area contributed by atoms with E-state index in [9.17, 15) is 9.59 Å². The summed E-state index contributed by atoms with van der Waals surface area (Å²) in [7, 11) is 1.22. The molecule has 0 heterocycles. The number of methoxy groups -OCH3 is 1. The lowest BCUT2D eigenvalue weighted by atomic mass is 10.6. The minimum Gasteiger partial charge on any atom is -0.468 e. The first kappa shape index (κ1) is 11.0. The van der Waals surface area contributed by atoms with Gasteiger partial charge < -0.3 is 14.8 Å². The van der Waals surface area contributed by atoms with Crippen molar-refractivity contribution < 1.29 is 19.1 Å². The first-order valence-electron chi connectivity index (χ1n) is 3.21. The van der Waals surface area contributed by atoms with E-state index in [1.807, 2.05) is 0 Å². The summed E-state index contributed by atoms with van der Waals surface area (Å²) in [5, 5.41) is 2.14. The number of alkyl carbamates (subject to hydrolysis) is 1. The number of halogens is 1. The number of hydrogen-bond donors (Lipinski definition) is 1. The van der Waals surface area contributed by atoms with E-state index >= 15 is 0 Å². The first-order valence-corrected chi connectivity index (χ1v) is 3.65. The maximum Gasteiger partial charge on any atom is 0.409 e. The predicted octanol–water partition coefficient (Wildman–Crippen LogP) is 0.470. The van der Waals surface area contributed by atoms with Crippen molar-refractivity contribution in [3.8, 4) is 0 Å². The van der Waals surface area contributed by atoms with Crippen LogP contribution < -0.4 is 5.32 Å². The van der Waals surface area contributed by atoms with Crippen molar-refractivity contribution in [2.45, 2.75) is 12.5 Å². The summed E-state index contributed by atoms with van der Waals surface area (Å²) in [5.41, 5.74) is -0.720. The normalized spacial score (nSPS) is 11.6. The summed E-state index contributed by atoms with van der Waals surface area (Å²) < 4.78 is 8.72. The smallest absolute Gasteiger partial charge is 0.409 e. The zero-order chi connectivity index (χ0) is 9.56. The maximum atomic E-state index is 10.6. The highest BCUT2D eigenvalue weighted by atomic mass is 35.5. The minimum absolute atomic E-state index is 0.223. The van der Waals surface area contributed by atoms with Gasteiger partial charge in [-0.2, -0.15) is 0 Å². The highest BCUT2D eigenvalue weighted by Gasteiger charge is 2.07. The fourth-order valence-electron chi connectivity index (χ4n) is 0.406. The molecule has 0 aliphatic heterocycles. The predicted molar refractivity (Wildman–Crippen MR) is 41.8 cm³/mol. The van der Waals surface area contributed by atoms with Crippen LogP contribution in [0.1, 0.15) is 6.92 Å². The molecule has 70 valence electrons. The van der Waals surface area contributed by atoms with Gasteiger partial charge in [0, 0.05) is 0 Å². The summed E-state index contributed by atoms with van der Waals surface area (Å²) in [6.07, 6.45) is -0.747. The van der Waals surface area contributed by atoms with Gasteiger partial charge in [-0.05, 0) is 6.92 Å². The second-order valence-corrected chi connectivity index (χ2v) is 2.49. The second-order valence-electron chi connectivity index (χ2n) is 1.88. The average molecular weight is 196 g/mol. The van der Waals surface area contributed by atoms with Crippen LogP contribution in [0.5, 0.6) is 0 Å². The highest BCUT2D eigenvalue weighted by molar-refractivity contribution is 6.19. The molecule has 0 rings (SSSR count). The van der Waals surface area contributed by atoms with E-state index in [0.29, 0.717) is 0 Å². The summed E-state index contributed by atoms with van der Waals surface area (Å²) in [6.45, 7) is 1.26. The first-order chi connectivity index (χ1) is 5.56. The van der Waals surface area contributed by atoms with Crippen LogP contribution in [0.4, 0.5) is 4.79 Å². The van der Waals surface area contributed by atoms with Gasteiger partial charge in [0.05, 0.1) is 7.11 Å². The molecule has 0 saturated heterocycles. The summed E-state index contributed by atoms with van der Waals surface area (Å²) in [5.74, 6) is -0.547. The zero-order valence-corrected chi connectivity index (χ0v) is 7.55. The molecule has 0 aliphatic rings. The number of carbonyl (C=O) groups excluding carboxylic acids is 2. The van der Waals surface area contributed by atoms with Crippen LogP contribution in [0.2, 0.25) is 0 Å². The zero-order valence-electron chi connectivity index (χ0n) is 6.80. The molecule has 12 heavy (non-hydrogen) atoms. The van der Waals surface area contributed by atoms with Crippen LogP contribution in [0.3, 0.4) is 0 Å². The minimum atomic E-state index is -0.747. The van der Waals surface area contributed by atoms with Gasteiger partial charge in [0.15, 0.2) is 5.56 Å². The van der Waals surface area contributed by atoms with Crippen LogP contribution in [0, 0.1) is 0 Å². The Balaban J connectivity index is 3.51. The lowest BCUT2D eigenvalue weighted by molar-refractivity contribution is -0.139. The van der Waals surface area contributed by atoms with Crippen molar-refractivity contribution in [1.82, 2.24) is 5.32 Å². The number of rotatable bonds is 3. The molecule has 1 unspecified atom stereocenters. The van der Waals surface area contributed by atoms with Crippen molar-refractivity contribution in [3.05, 3.63) is 0 Å². The Morgan fingerprint density at radius 1 is 1.58 bits per heavy atom. The van der Waals surface area contributed by atoms with E-state index in [4.69, 9.17) is 11.6 Å². The largest absolute Gasteiger partial charge is 0.468 e. The summed E-state index contributed by atoms with van der Waals surface area (Å²) in [6, 6.07) is 0. The van der Waals surface area contributed by atoms with Crippen molar-refractivity contribution in [1.29, 1.82) is 0 Å². The number of esters is 1. The molecule has 0 spiro atoms. The Morgan fingerprint density at radius 3 is 2.58 bits per heavy atom. The van der Waals surface area contributed by atoms with Crippen LogP contribution in [0.25, 0.3) is 0 Å². The Morgan fingerprint density at radius 2 is 2.17 bits per heavy atom. The third-order valence-electron chi connectivity index (χ3n) is 0.874. The maximum absolute atomic E-state index is 10.6. The van der Waals surface area contributed by atoms with Crippen molar-refractivity contribution in [2.24, 2.45) is 0 Å². The van der Waals surface area contributed by atoms with E-state index in [-0.39, 0.29) is 6.54 Å². The van der Waals surface area contributed by atoms with Gasteiger partial charge in [0.2, 0.25) is 0 Å². The van der Waals surface area contributed by atoms with Gasteiger partial charge in [0.1, 0.15) is 6.54 Å². The molecule has 1 amide bonds. The topological polar surface area (TPSA) is 64.6 Å². The molecule has 6 heteroatoms. The van der Waals surface area contributed by atoms with E-state index in [0.717, 1.165) is 0 Å². The Bertz CT molecular complexity index is 171. The molecular weight excluding hydrogens is 186 g/mol. The number of carbonyl (C=O) groups is 2. The van der Waals surface area contributed by atoms with Crippen LogP contribution in [-0.4, -0.2) is 31.3 Å². The fourth-order valence-corrected chi connectivity index (χ4v) is 0.487. The number of alkyl halides is 1. The molecule has 0 aromatic heterocycles. The van der Waals surface area contributed by atoms with Gasteiger partial charge in [-0.15, -0.1) is 0 Å². The molecule has 0 aliphatic carbocycles. The number of nitrogens with one attached hydrogen (secondary N) is 1. The fraction of sp³-hybridized carbons (Fsp3) is 0.667. The SMILES string of the molecule is COC(=O)CNC(=O)OC(C)Cl. The van der Waals surface area contributed by atoms with Crippen molar-refractivity contribution >= 4 is 23.7 Å². The molecule has 0 aromatic carbocycles. The van der Waals surface area contributed by atoms with Crippen molar-refractivity contribution in [2.75, 3.05) is 13.7 Å². The summed E-state index contributed by atoms with van der Waals surface area (Å²) in [4.78, 5) is 21.1. The number of ether oxygens (including phenoxy) is 2. The van der Waals surface area contributed by atoms with Crippen LogP contribution in [0.15, 0.2) is 0 Å². The molecule has 1 N–H and O–H groups in total. The van der Waals surface area contributed by atoms with E-state index in [1.165, 1.54) is 14.0 Å². The molecular formula is C6H10ClNO4. The molecule has 0 fully saturated rings. The van der Waals surface area contributed by atoms with Gasteiger partial charge >= 0.3 is 12.1 Å². The Labute approximate surface area is 75.0 Å². The third-order valence-corrected chi connectivity index (χ3v) is 0.963. The van der Waals surface area contributed by atoms with Crippen LogP contribution >= 0.6 is 11.6 Å². The van der Waals surface area contributed by atoms with Gasteiger partial charge in [-0.1, -0.05) is 11.6 Å². The molecule has 0 saturated carbocycles. The molecule has 0 bridgehead atoms. The van der Waals surface area contributed by atoms with E-state index < -0.39 is 17.6 Å². The Kier molecular flexibility index (Phi) is 5.19. The molecule has 0 aromatic rings. The second kappa shape index (κ2) is 5.65. The third kappa shape index (κ3) is 5.79. The molecule has 1 atom stereocenters. The average Bonchev–Trinajstić information content (AvgIpc) is 1.99. The Hall–Kier alpha value is -0.970. The van der Waals surface area contributed by atoms with E-state index in [1.54, 1.807) is 0 Å². The lowest BCUT2D eigenvalue weighted by Gasteiger charge is -2.06. The lowest BCUT2D eigenvalue weighted by Crippen LogP contribution is -2.31. The highest BCUT2D eigenvalue weighted by Crippen LogP contribution is 1.94. The van der Waals surface area contributed by atoms with Gasteiger partial charge in [-0.3, -0.25) is 4.79 Å². The van der Waals surface area contributed by atoms with Crippen LogP contribution in [-0.2, 0) is 14.3 Å². The van der Waals surface area contributed by atoms with Crippen molar-refractivity contribution in [3.63, 3.8) is 0 Å².